The van der Waals surface area contributed by atoms with Crippen molar-refractivity contribution in [2.24, 2.45) is 0 Å². The van der Waals surface area contributed by atoms with Crippen LogP contribution in [0.25, 0.3) is 32.0 Å². The number of benzene rings is 3. The fourth-order valence-corrected chi connectivity index (χ4v) is 6.93. The average Bonchev–Trinajstić information content (AvgIpc) is 3.68. The minimum absolute atomic E-state index is 0.144. The van der Waals surface area contributed by atoms with Crippen LogP contribution in [0.3, 0.4) is 0 Å². The van der Waals surface area contributed by atoms with Crippen LogP contribution in [0.1, 0.15) is 42.3 Å². The van der Waals surface area contributed by atoms with Crippen LogP contribution in [0.5, 0.6) is 0 Å². The van der Waals surface area contributed by atoms with Crippen LogP contribution in [0, 0.1) is 0 Å². The number of nitrogens with zero attached hydrogens (tertiary/aromatic N) is 4. The molecule has 1 amide bonds. The predicted molar refractivity (Wildman–Crippen MR) is 177 cm³/mol. The Morgan fingerprint density at radius 1 is 0.667 bits per heavy atom. The summed E-state index contributed by atoms with van der Waals surface area (Å²) >= 11 is 3.43. The molecule has 0 bridgehead atoms. The summed E-state index contributed by atoms with van der Waals surface area (Å²) in [6, 6.07) is 27.4. The number of thiazole rings is 2. The van der Waals surface area contributed by atoms with Crippen molar-refractivity contribution in [3.8, 4) is 32.0 Å². The van der Waals surface area contributed by atoms with Crippen molar-refractivity contribution < 1.29 is 4.79 Å². The van der Waals surface area contributed by atoms with Gasteiger partial charge in [0, 0.05) is 18.9 Å². The number of rotatable bonds is 13. The monoisotopic (exact) mass is 594 g/mol. The van der Waals surface area contributed by atoms with E-state index in [0.717, 1.165) is 58.5 Å². The Balaban J connectivity index is 1.21. The Bertz CT molecular complexity index is 1560. The lowest BCUT2D eigenvalue weighted by Crippen LogP contribution is -2.32. The van der Waals surface area contributed by atoms with Gasteiger partial charge in [-0.05, 0) is 54.3 Å². The van der Waals surface area contributed by atoms with Crippen LogP contribution in [0.2, 0.25) is 0 Å². The van der Waals surface area contributed by atoms with E-state index in [2.05, 4.69) is 84.3 Å². The zero-order valence-electron chi connectivity index (χ0n) is 24.6. The van der Waals surface area contributed by atoms with Crippen molar-refractivity contribution >= 4 is 28.6 Å². The summed E-state index contributed by atoms with van der Waals surface area (Å²) in [4.78, 5) is 28.9. The molecule has 0 radical (unpaired) electrons. The van der Waals surface area contributed by atoms with Gasteiger partial charge in [-0.2, -0.15) is 0 Å². The molecule has 3 aromatic carbocycles. The Labute approximate surface area is 257 Å². The largest absolute Gasteiger partial charge is 0.336 e. The van der Waals surface area contributed by atoms with Crippen LogP contribution in [-0.2, 0) is 24.3 Å². The molecular formula is C35H38N4OS2. The molecule has 5 aromatic rings. The van der Waals surface area contributed by atoms with Gasteiger partial charge >= 0.3 is 0 Å². The van der Waals surface area contributed by atoms with Crippen molar-refractivity contribution in [3.05, 3.63) is 107 Å². The number of amides is 1. The molecule has 5 rings (SSSR count). The standard InChI is InChI=1S/C35H38N4OS2/c1-4-19-38(3)24-33-36-22-31(41-33)29-15-11-27(12-16-29)28-13-17-30(18-14-28)32-23-37-34(42-32)25-39(20-5-2)35(40)21-26-9-7-6-8-10-26/h6-18,22-23H,4-5,19-21,24-25H2,1-3H3. The summed E-state index contributed by atoms with van der Waals surface area (Å²) in [7, 11) is 2.15. The minimum Gasteiger partial charge on any atom is -0.336 e. The van der Waals surface area contributed by atoms with E-state index in [9.17, 15) is 4.79 Å². The Kier molecular flexibility index (Phi) is 10.3. The van der Waals surface area contributed by atoms with E-state index in [-0.39, 0.29) is 5.91 Å². The highest BCUT2D eigenvalue weighted by atomic mass is 32.1. The molecule has 0 unspecified atom stereocenters. The molecule has 0 saturated heterocycles. The first-order valence-corrected chi connectivity index (χ1v) is 16.3. The topological polar surface area (TPSA) is 49.3 Å². The van der Waals surface area contributed by atoms with Crippen LogP contribution >= 0.6 is 22.7 Å². The zero-order chi connectivity index (χ0) is 29.3. The molecule has 2 heterocycles. The Morgan fingerprint density at radius 2 is 1.17 bits per heavy atom. The maximum atomic E-state index is 13.0. The van der Waals surface area contributed by atoms with Gasteiger partial charge in [-0.1, -0.05) is 92.7 Å². The second-order valence-corrected chi connectivity index (χ2v) is 12.8. The predicted octanol–water partition coefficient (Wildman–Crippen LogP) is 8.42. The lowest BCUT2D eigenvalue weighted by molar-refractivity contribution is -0.131. The molecule has 0 saturated carbocycles. The zero-order valence-corrected chi connectivity index (χ0v) is 26.3. The molecular weight excluding hydrogens is 557 g/mol. The molecule has 7 heteroatoms. The number of hydrogen-bond acceptors (Lipinski definition) is 6. The van der Waals surface area contributed by atoms with Gasteiger partial charge in [0.25, 0.3) is 0 Å². The van der Waals surface area contributed by atoms with Gasteiger partial charge in [-0.3, -0.25) is 9.69 Å². The van der Waals surface area contributed by atoms with Crippen LogP contribution in [0.15, 0.2) is 91.3 Å². The van der Waals surface area contributed by atoms with Gasteiger partial charge in [0.05, 0.1) is 29.3 Å². The third kappa shape index (κ3) is 7.79. The third-order valence-corrected chi connectivity index (χ3v) is 9.22. The van der Waals surface area contributed by atoms with Gasteiger partial charge in [0.1, 0.15) is 10.0 Å². The first-order chi connectivity index (χ1) is 20.5. The normalized spacial score (nSPS) is 11.2. The van der Waals surface area contributed by atoms with Gasteiger partial charge in [0.2, 0.25) is 5.91 Å². The molecule has 0 aliphatic heterocycles. The Hall–Kier alpha value is -3.65. The van der Waals surface area contributed by atoms with Gasteiger partial charge < -0.3 is 4.90 Å². The lowest BCUT2D eigenvalue weighted by Gasteiger charge is -2.21. The lowest BCUT2D eigenvalue weighted by atomic mass is 10.0. The average molecular weight is 595 g/mol. The highest BCUT2D eigenvalue weighted by Gasteiger charge is 2.16. The van der Waals surface area contributed by atoms with E-state index in [4.69, 9.17) is 0 Å². The summed E-state index contributed by atoms with van der Waals surface area (Å²) in [5, 5.41) is 2.12. The molecule has 42 heavy (non-hydrogen) atoms. The summed E-state index contributed by atoms with van der Waals surface area (Å²) < 4.78 is 0. The summed E-state index contributed by atoms with van der Waals surface area (Å²) in [6.07, 6.45) is 6.41. The van der Waals surface area contributed by atoms with Crippen molar-refractivity contribution in [2.45, 2.75) is 46.2 Å². The van der Waals surface area contributed by atoms with E-state index in [1.54, 1.807) is 22.7 Å². The smallest absolute Gasteiger partial charge is 0.227 e. The number of carbonyl (C=O) groups is 1. The molecule has 2 aromatic heterocycles. The van der Waals surface area contributed by atoms with Crippen LogP contribution in [0.4, 0.5) is 0 Å². The van der Waals surface area contributed by atoms with E-state index < -0.39 is 0 Å². The van der Waals surface area contributed by atoms with E-state index in [1.807, 2.05) is 47.6 Å². The summed E-state index contributed by atoms with van der Waals surface area (Å²) in [6.45, 7) is 7.57. The number of aromatic nitrogens is 2. The highest BCUT2D eigenvalue weighted by molar-refractivity contribution is 7.15. The van der Waals surface area contributed by atoms with Crippen molar-refractivity contribution in [3.63, 3.8) is 0 Å². The molecule has 0 aliphatic carbocycles. The molecule has 216 valence electrons. The third-order valence-electron chi connectivity index (χ3n) is 7.16. The minimum atomic E-state index is 0.144. The summed E-state index contributed by atoms with van der Waals surface area (Å²) in [5.41, 5.74) is 5.76. The van der Waals surface area contributed by atoms with Gasteiger partial charge in [-0.15, -0.1) is 22.7 Å². The summed E-state index contributed by atoms with van der Waals surface area (Å²) in [5.74, 6) is 0.144. The highest BCUT2D eigenvalue weighted by Crippen LogP contribution is 2.32. The maximum Gasteiger partial charge on any atom is 0.227 e. The molecule has 0 N–H and O–H groups in total. The van der Waals surface area contributed by atoms with Gasteiger partial charge in [0.15, 0.2) is 0 Å². The Morgan fingerprint density at radius 3 is 1.69 bits per heavy atom. The first kappa shape index (κ1) is 29.8. The van der Waals surface area contributed by atoms with Crippen LogP contribution < -0.4 is 0 Å². The van der Waals surface area contributed by atoms with Crippen molar-refractivity contribution in [1.29, 1.82) is 0 Å². The van der Waals surface area contributed by atoms with Crippen LogP contribution in [-0.4, -0.2) is 45.8 Å². The van der Waals surface area contributed by atoms with Gasteiger partial charge in [-0.25, -0.2) is 9.97 Å². The van der Waals surface area contributed by atoms with E-state index in [1.165, 1.54) is 21.6 Å². The van der Waals surface area contributed by atoms with E-state index in [0.29, 0.717) is 13.0 Å². The second-order valence-electron chi connectivity index (χ2n) is 10.6. The van der Waals surface area contributed by atoms with E-state index >= 15 is 0 Å². The number of carbonyl (C=O) groups excluding carboxylic acids is 1. The molecule has 0 fully saturated rings. The second kappa shape index (κ2) is 14.5. The quantitative estimate of drug-likeness (QED) is 0.137. The molecule has 0 aliphatic rings. The molecule has 5 nitrogen and oxygen atoms in total. The van der Waals surface area contributed by atoms with Crippen molar-refractivity contribution in [2.75, 3.05) is 20.1 Å². The first-order valence-electron chi connectivity index (χ1n) is 14.6. The number of hydrogen-bond donors (Lipinski definition) is 0. The van der Waals surface area contributed by atoms with Crippen molar-refractivity contribution in [1.82, 2.24) is 19.8 Å². The maximum absolute atomic E-state index is 13.0. The SMILES string of the molecule is CCCN(C)Cc1ncc(-c2ccc(-c3ccc(-c4cnc(CN(CCC)C(=O)Cc5ccccc5)s4)cc3)cc2)s1. The molecule has 0 spiro atoms. The molecule has 0 atom stereocenters. The fourth-order valence-electron chi connectivity index (χ4n) is 4.99. The fraction of sp³-hybridized carbons (Fsp3) is 0.286.